The molecule has 1 amide bonds. The normalized spacial score (nSPS) is 23.7. The summed E-state index contributed by atoms with van der Waals surface area (Å²) in [7, 11) is 4.20. The Kier molecular flexibility index (Phi) is 5.18. The molecule has 5 nitrogen and oxygen atoms in total. The highest BCUT2D eigenvalue weighted by Crippen LogP contribution is 2.37. The highest BCUT2D eigenvalue weighted by atomic mass is 19.1. The van der Waals surface area contributed by atoms with Crippen LogP contribution in [0.1, 0.15) is 40.7 Å². The van der Waals surface area contributed by atoms with Gasteiger partial charge in [0.05, 0.1) is 0 Å². The molecule has 2 aliphatic rings. The van der Waals surface area contributed by atoms with Crippen molar-refractivity contribution in [1.82, 2.24) is 15.3 Å². The molecular formula is C18H26FN3O2. The Labute approximate surface area is 142 Å². The van der Waals surface area contributed by atoms with E-state index in [1.807, 2.05) is 0 Å². The molecule has 24 heavy (non-hydrogen) atoms. The molecule has 0 saturated heterocycles. The lowest BCUT2D eigenvalue weighted by atomic mass is 9.75. The Morgan fingerprint density at radius 2 is 2.21 bits per heavy atom. The SMILES string of the molecule is CN(C)CCC1CC[C@@H]1N1CCc2cc(C(=O)NO)cc(F)c2C1. The van der Waals surface area contributed by atoms with Crippen LogP contribution in [0.25, 0.3) is 0 Å². The van der Waals surface area contributed by atoms with Crippen molar-refractivity contribution in [2.45, 2.75) is 38.3 Å². The quantitative estimate of drug-likeness (QED) is 0.639. The molecule has 132 valence electrons. The van der Waals surface area contributed by atoms with Crippen molar-refractivity contribution in [2.75, 3.05) is 27.2 Å². The molecule has 0 radical (unpaired) electrons. The number of halogens is 1. The Morgan fingerprint density at radius 1 is 1.42 bits per heavy atom. The van der Waals surface area contributed by atoms with Gasteiger partial charge in [-0.2, -0.15) is 0 Å². The number of amides is 1. The summed E-state index contributed by atoms with van der Waals surface area (Å²) in [5.41, 5.74) is 3.33. The molecular weight excluding hydrogens is 309 g/mol. The van der Waals surface area contributed by atoms with Crippen molar-refractivity contribution >= 4 is 5.91 Å². The van der Waals surface area contributed by atoms with Crippen molar-refractivity contribution in [2.24, 2.45) is 5.92 Å². The van der Waals surface area contributed by atoms with Crippen LogP contribution in [0.3, 0.4) is 0 Å². The lowest BCUT2D eigenvalue weighted by Gasteiger charge is -2.46. The highest BCUT2D eigenvalue weighted by molar-refractivity contribution is 5.93. The number of hydrogen-bond acceptors (Lipinski definition) is 4. The number of nitrogens with zero attached hydrogens (tertiary/aromatic N) is 2. The molecule has 0 spiro atoms. The Hall–Kier alpha value is -1.50. The van der Waals surface area contributed by atoms with Gasteiger partial charge in [-0.1, -0.05) is 0 Å². The first kappa shape index (κ1) is 17.3. The van der Waals surface area contributed by atoms with E-state index in [4.69, 9.17) is 5.21 Å². The molecule has 1 unspecified atom stereocenters. The second-order valence-electron chi connectivity index (χ2n) is 7.25. The van der Waals surface area contributed by atoms with Gasteiger partial charge in [-0.25, -0.2) is 9.87 Å². The van der Waals surface area contributed by atoms with Crippen molar-refractivity contribution in [3.63, 3.8) is 0 Å². The predicted molar refractivity (Wildman–Crippen MR) is 89.4 cm³/mol. The van der Waals surface area contributed by atoms with Gasteiger partial charge in [0.15, 0.2) is 0 Å². The minimum Gasteiger partial charge on any atom is -0.309 e. The standard InChI is InChI=1S/C18H26FN3O2/c1-21(2)7-5-12-3-4-17(12)22-8-6-13-9-14(18(23)20-24)10-16(19)15(13)11-22/h9-10,12,17,24H,3-8,11H2,1-2H3,(H,20,23)/t12?,17-/m0/s1. The van der Waals surface area contributed by atoms with Gasteiger partial charge in [0.2, 0.25) is 0 Å². The molecule has 1 aliphatic heterocycles. The number of hydrogen-bond donors (Lipinski definition) is 2. The summed E-state index contributed by atoms with van der Waals surface area (Å²) in [4.78, 5) is 16.1. The van der Waals surface area contributed by atoms with Crippen molar-refractivity contribution in [3.8, 4) is 0 Å². The van der Waals surface area contributed by atoms with Crippen LogP contribution in [0.4, 0.5) is 4.39 Å². The smallest absolute Gasteiger partial charge is 0.274 e. The average molecular weight is 335 g/mol. The molecule has 1 heterocycles. The summed E-state index contributed by atoms with van der Waals surface area (Å²) in [5, 5.41) is 8.72. The third-order valence-electron chi connectivity index (χ3n) is 5.47. The summed E-state index contributed by atoms with van der Waals surface area (Å²) < 4.78 is 14.4. The van der Waals surface area contributed by atoms with E-state index >= 15 is 0 Å². The zero-order valence-corrected chi connectivity index (χ0v) is 14.4. The second kappa shape index (κ2) is 7.17. The molecule has 2 N–H and O–H groups in total. The molecule has 0 bridgehead atoms. The van der Waals surface area contributed by atoms with Crippen LogP contribution in [0.5, 0.6) is 0 Å². The topological polar surface area (TPSA) is 55.8 Å². The summed E-state index contributed by atoms with van der Waals surface area (Å²) in [6.07, 6.45) is 4.40. The van der Waals surface area contributed by atoms with Gasteiger partial charge in [0.25, 0.3) is 5.91 Å². The van der Waals surface area contributed by atoms with Gasteiger partial charge >= 0.3 is 0 Å². The Bertz CT molecular complexity index is 621. The Balaban J connectivity index is 1.70. The third-order valence-corrected chi connectivity index (χ3v) is 5.47. The number of rotatable bonds is 5. The van der Waals surface area contributed by atoms with E-state index in [0.717, 1.165) is 25.1 Å². The molecule has 6 heteroatoms. The van der Waals surface area contributed by atoms with Crippen LogP contribution in [-0.4, -0.2) is 54.1 Å². The zero-order chi connectivity index (χ0) is 17.3. The second-order valence-corrected chi connectivity index (χ2v) is 7.25. The highest BCUT2D eigenvalue weighted by Gasteiger charge is 2.37. The first-order valence-corrected chi connectivity index (χ1v) is 8.64. The van der Waals surface area contributed by atoms with Crippen LogP contribution in [0.15, 0.2) is 12.1 Å². The van der Waals surface area contributed by atoms with Crippen molar-refractivity contribution < 1.29 is 14.4 Å². The fraction of sp³-hybridized carbons (Fsp3) is 0.611. The number of carbonyl (C=O) groups excluding carboxylic acids is 1. The van der Waals surface area contributed by atoms with E-state index in [1.54, 1.807) is 11.5 Å². The van der Waals surface area contributed by atoms with Crippen molar-refractivity contribution in [1.29, 1.82) is 0 Å². The number of benzene rings is 1. The third kappa shape index (κ3) is 3.45. The van der Waals surface area contributed by atoms with Crippen LogP contribution in [0.2, 0.25) is 0 Å². The summed E-state index contributed by atoms with van der Waals surface area (Å²) in [5.74, 6) is -0.307. The lowest BCUT2D eigenvalue weighted by Crippen LogP contribution is -2.49. The number of carbonyl (C=O) groups is 1. The monoisotopic (exact) mass is 335 g/mol. The fourth-order valence-electron chi connectivity index (χ4n) is 3.91. The van der Waals surface area contributed by atoms with Gasteiger partial charge in [-0.05, 0) is 69.9 Å². The lowest BCUT2D eigenvalue weighted by molar-refractivity contribution is 0.0419. The summed E-state index contributed by atoms with van der Waals surface area (Å²) in [6.45, 7) is 2.62. The van der Waals surface area contributed by atoms with Gasteiger partial charge in [0, 0.05) is 30.3 Å². The van der Waals surface area contributed by atoms with Crippen LogP contribution in [0, 0.1) is 11.7 Å². The zero-order valence-electron chi connectivity index (χ0n) is 14.4. The van der Waals surface area contributed by atoms with Crippen LogP contribution < -0.4 is 5.48 Å². The molecule has 1 aromatic carbocycles. The van der Waals surface area contributed by atoms with E-state index < -0.39 is 5.91 Å². The molecule has 1 aromatic rings. The number of nitrogens with one attached hydrogen (secondary N) is 1. The molecule has 2 atom stereocenters. The minimum absolute atomic E-state index is 0.176. The van der Waals surface area contributed by atoms with Crippen molar-refractivity contribution in [3.05, 3.63) is 34.6 Å². The molecule has 0 aromatic heterocycles. The molecule has 3 rings (SSSR count). The average Bonchev–Trinajstić information content (AvgIpc) is 2.53. The van der Waals surface area contributed by atoms with E-state index in [9.17, 15) is 9.18 Å². The summed E-state index contributed by atoms with van der Waals surface area (Å²) >= 11 is 0. The van der Waals surface area contributed by atoms with E-state index in [2.05, 4.69) is 23.9 Å². The number of fused-ring (bicyclic) bond motifs is 1. The first-order valence-electron chi connectivity index (χ1n) is 8.64. The van der Waals surface area contributed by atoms with E-state index in [1.165, 1.54) is 25.3 Å². The van der Waals surface area contributed by atoms with E-state index in [-0.39, 0.29) is 11.4 Å². The van der Waals surface area contributed by atoms with E-state index in [0.29, 0.717) is 24.1 Å². The van der Waals surface area contributed by atoms with Gasteiger partial charge in [0.1, 0.15) is 5.82 Å². The fourth-order valence-corrected chi connectivity index (χ4v) is 3.91. The molecule has 1 aliphatic carbocycles. The molecule has 1 saturated carbocycles. The maximum Gasteiger partial charge on any atom is 0.274 e. The largest absolute Gasteiger partial charge is 0.309 e. The number of hydroxylamine groups is 1. The maximum absolute atomic E-state index is 14.4. The van der Waals surface area contributed by atoms with Gasteiger partial charge in [-0.3, -0.25) is 14.9 Å². The van der Waals surface area contributed by atoms with Crippen LogP contribution >= 0.6 is 0 Å². The Morgan fingerprint density at radius 3 is 2.83 bits per heavy atom. The minimum atomic E-state index is -0.665. The van der Waals surface area contributed by atoms with Gasteiger partial charge in [-0.15, -0.1) is 0 Å². The maximum atomic E-state index is 14.4. The molecule has 1 fully saturated rings. The van der Waals surface area contributed by atoms with Gasteiger partial charge < -0.3 is 4.90 Å². The summed E-state index contributed by atoms with van der Waals surface area (Å²) in [6, 6.07) is 3.47. The van der Waals surface area contributed by atoms with Crippen LogP contribution in [-0.2, 0) is 13.0 Å². The predicted octanol–water partition coefficient (Wildman–Crippen LogP) is 2.03. The first-order chi connectivity index (χ1) is 11.5.